The van der Waals surface area contributed by atoms with Crippen LogP contribution in [-0.2, 0) is 32.8 Å². The number of amides is 2. The van der Waals surface area contributed by atoms with E-state index in [2.05, 4.69) is 5.32 Å². The third-order valence-corrected chi connectivity index (χ3v) is 9.81. The second kappa shape index (κ2) is 15.1. The summed E-state index contributed by atoms with van der Waals surface area (Å²) in [6.45, 7) is 7.00. The number of hydrogen-bond acceptors (Lipinski definition) is 4. The van der Waals surface area contributed by atoms with E-state index in [9.17, 15) is 18.0 Å². The van der Waals surface area contributed by atoms with Crippen LogP contribution in [0, 0.1) is 13.8 Å². The molecule has 0 spiro atoms. The highest BCUT2D eigenvalue weighted by Gasteiger charge is 2.35. The van der Waals surface area contributed by atoms with Crippen LogP contribution < -0.4 is 9.62 Å². The molecule has 2 amide bonds. The van der Waals surface area contributed by atoms with E-state index in [1.54, 1.807) is 31.2 Å². The van der Waals surface area contributed by atoms with Crippen molar-refractivity contribution < 1.29 is 18.0 Å². The maximum atomic E-state index is 14.4. The first-order chi connectivity index (χ1) is 20.2. The van der Waals surface area contributed by atoms with Gasteiger partial charge in [0.25, 0.3) is 0 Å². The Bertz CT molecular complexity index is 1530. The van der Waals surface area contributed by atoms with Crippen LogP contribution in [0.25, 0.3) is 0 Å². The number of halogens is 2. The van der Waals surface area contributed by atoms with Crippen molar-refractivity contribution in [2.24, 2.45) is 0 Å². The predicted molar refractivity (Wildman–Crippen MR) is 175 cm³/mol. The minimum absolute atomic E-state index is 0.00377. The molecular weight excluding hydrogens is 607 g/mol. The summed E-state index contributed by atoms with van der Waals surface area (Å²) < 4.78 is 29.5. The summed E-state index contributed by atoms with van der Waals surface area (Å²) in [4.78, 5) is 29.7. The lowest BCUT2D eigenvalue weighted by Gasteiger charge is -2.35. The molecule has 2 atom stereocenters. The molecule has 232 valence electrons. The fourth-order valence-electron chi connectivity index (χ4n) is 4.52. The fraction of sp³-hybridized carbons (Fsp3) is 0.375. The van der Waals surface area contributed by atoms with Crippen LogP contribution in [0.2, 0.25) is 10.0 Å². The maximum Gasteiger partial charge on any atom is 0.304 e. The molecule has 0 fully saturated rings. The van der Waals surface area contributed by atoms with E-state index in [4.69, 9.17) is 23.2 Å². The minimum atomic E-state index is -4.09. The number of nitrogens with zero attached hydrogens (tertiary/aromatic N) is 3. The number of benzene rings is 3. The Morgan fingerprint density at radius 3 is 2.19 bits per heavy atom. The lowest BCUT2D eigenvalue weighted by Crippen LogP contribution is -2.55. The van der Waals surface area contributed by atoms with Crippen molar-refractivity contribution in [3.05, 3.63) is 99.0 Å². The van der Waals surface area contributed by atoms with Gasteiger partial charge in [0.1, 0.15) is 12.6 Å². The molecule has 0 unspecified atom stereocenters. The van der Waals surface area contributed by atoms with Crippen molar-refractivity contribution >= 4 is 50.9 Å². The van der Waals surface area contributed by atoms with Crippen LogP contribution >= 0.6 is 23.2 Å². The van der Waals surface area contributed by atoms with E-state index < -0.39 is 28.7 Å². The predicted octanol–water partition coefficient (Wildman–Crippen LogP) is 5.78. The molecule has 0 heterocycles. The van der Waals surface area contributed by atoms with Crippen molar-refractivity contribution in [3.63, 3.8) is 0 Å². The lowest BCUT2D eigenvalue weighted by molar-refractivity contribution is -0.140. The van der Waals surface area contributed by atoms with Gasteiger partial charge in [-0.3, -0.25) is 9.59 Å². The SMILES string of the molecule is CC[C@H](C)NC(=O)[C@@H](Cc1ccccc1)N(Cc1ccc(Cl)c(Cl)c1)C(=O)CN(c1cc(C)ccc1C)S(=O)(=O)N(C)C. The van der Waals surface area contributed by atoms with Crippen molar-refractivity contribution in [3.8, 4) is 0 Å². The molecule has 0 aliphatic heterocycles. The van der Waals surface area contributed by atoms with Crippen LogP contribution in [0.5, 0.6) is 0 Å². The number of hydrogen-bond donors (Lipinski definition) is 1. The van der Waals surface area contributed by atoms with Gasteiger partial charge >= 0.3 is 10.2 Å². The Hall–Kier alpha value is -3.11. The van der Waals surface area contributed by atoms with Crippen molar-refractivity contribution in [2.45, 2.75) is 59.2 Å². The fourth-order valence-corrected chi connectivity index (χ4v) is 5.95. The second-order valence-corrected chi connectivity index (χ2v) is 13.8. The van der Waals surface area contributed by atoms with Gasteiger partial charge in [0, 0.05) is 33.1 Å². The number of nitrogens with one attached hydrogen (secondary N) is 1. The number of carbonyl (C=O) groups excluding carboxylic acids is 2. The van der Waals surface area contributed by atoms with E-state index in [1.807, 2.05) is 63.2 Å². The first kappa shape index (κ1) is 34.4. The highest BCUT2D eigenvalue weighted by atomic mass is 35.5. The van der Waals surface area contributed by atoms with Gasteiger partial charge in [-0.25, -0.2) is 4.31 Å². The Morgan fingerprint density at radius 1 is 0.907 bits per heavy atom. The summed E-state index contributed by atoms with van der Waals surface area (Å²) in [5, 5.41) is 3.69. The molecule has 3 aromatic carbocycles. The van der Waals surface area contributed by atoms with Gasteiger partial charge in [0.15, 0.2) is 0 Å². The molecule has 3 aromatic rings. The molecule has 11 heteroatoms. The van der Waals surface area contributed by atoms with Gasteiger partial charge in [-0.1, -0.05) is 78.7 Å². The van der Waals surface area contributed by atoms with Crippen LogP contribution in [-0.4, -0.2) is 62.2 Å². The zero-order valence-electron chi connectivity index (χ0n) is 25.5. The molecule has 43 heavy (non-hydrogen) atoms. The summed E-state index contributed by atoms with van der Waals surface area (Å²) in [5.74, 6) is -0.877. The normalized spacial score (nSPS) is 13.0. The largest absolute Gasteiger partial charge is 0.352 e. The minimum Gasteiger partial charge on any atom is -0.352 e. The van der Waals surface area contributed by atoms with E-state index in [0.717, 1.165) is 19.7 Å². The van der Waals surface area contributed by atoms with Gasteiger partial charge < -0.3 is 10.2 Å². The summed E-state index contributed by atoms with van der Waals surface area (Å²) in [5.41, 5.74) is 3.42. The smallest absolute Gasteiger partial charge is 0.304 e. The number of anilines is 1. The number of aryl methyl sites for hydroxylation is 2. The monoisotopic (exact) mass is 646 g/mol. The van der Waals surface area contributed by atoms with Crippen molar-refractivity contribution in [2.75, 3.05) is 24.9 Å². The van der Waals surface area contributed by atoms with Gasteiger partial charge in [-0.05, 0) is 67.6 Å². The molecule has 0 aromatic heterocycles. The average molecular weight is 648 g/mol. The van der Waals surface area contributed by atoms with E-state index >= 15 is 0 Å². The second-order valence-electron chi connectivity index (χ2n) is 10.9. The van der Waals surface area contributed by atoms with E-state index in [-0.39, 0.29) is 24.9 Å². The molecule has 3 rings (SSSR count). The van der Waals surface area contributed by atoms with Crippen molar-refractivity contribution in [1.82, 2.24) is 14.5 Å². The first-order valence-corrected chi connectivity index (χ1v) is 16.2. The molecular formula is C32H40Cl2N4O4S. The molecule has 0 aliphatic rings. The number of carbonyl (C=O) groups is 2. The third-order valence-electron chi connectivity index (χ3n) is 7.26. The highest BCUT2D eigenvalue weighted by molar-refractivity contribution is 7.90. The molecule has 8 nitrogen and oxygen atoms in total. The molecule has 0 aliphatic carbocycles. The molecule has 1 N–H and O–H groups in total. The topological polar surface area (TPSA) is 90.0 Å². The molecule has 0 bridgehead atoms. The summed E-state index contributed by atoms with van der Waals surface area (Å²) >= 11 is 12.5. The van der Waals surface area contributed by atoms with Crippen LogP contribution in [0.4, 0.5) is 5.69 Å². The summed E-state index contributed by atoms with van der Waals surface area (Å²) in [6.07, 6.45) is 0.923. The first-order valence-electron chi connectivity index (χ1n) is 14.1. The Balaban J connectivity index is 2.15. The zero-order valence-corrected chi connectivity index (χ0v) is 27.8. The zero-order chi connectivity index (χ0) is 31.9. The Morgan fingerprint density at radius 2 is 1.58 bits per heavy atom. The molecule has 0 radical (unpaired) electrons. The van der Waals surface area contributed by atoms with Gasteiger partial charge in [0.05, 0.1) is 15.7 Å². The van der Waals surface area contributed by atoms with Crippen LogP contribution in [0.3, 0.4) is 0 Å². The average Bonchev–Trinajstić information content (AvgIpc) is 2.96. The Labute approximate surface area is 265 Å². The van der Waals surface area contributed by atoms with Gasteiger partial charge in [0.2, 0.25) is 11.8 Å². The van der Waals surface area contributed by atoms with Gasteiger partial charge in [-0.2, -0.15) is 12.7 Å². The summed E-state index contributed by atoms with van der Waals surface area (Å²) in [7, 11) is -1.25. The van der Waals surface area contributed by atoms with E-state index in [1.165, 1.54) is 19.0 Å². The Kier molecular flexibility index (Phi) is 12.0. The van der Waals surface area contributed by atoms with Gasteiger partial charge in [-0.15, -0.1) is 0 Å². The highest BCUT2D eigenvalue weighted by Crippen LogP contribution is 2.27. The molecule has 0 saturated heterocycles. The quantitative estimate of drug-likeness (QED) is 0.255. The van der Waals surface area contributed by atoms with Crippen LogP contribution in [0.15, 0.2) is 66.7 Å². The lowest BCUT2D eigenvalue weighted by atomic mass is 10.0. The van der Waals surface area contributed by atoms with E-state index in [0.29, 0.717) is 33.3 Å². The number of rotatable bonds is 13. The standard InChI is InChI=1S/C32H40Cl2N4O4S/c1-7-24(4)35-32(40)30(19-25-11-9-8-10-12-25)37(20-26-15-16-27(33)28(34)18-26)31(39)21-38(43(41,42)36(5)6)29-17-22(2)13-14-23(29)3/h8-18,24,30H,7,19-21H2,1-6H3,(H,35,40)/t24-,30+/m0/s1. The maximum absolute atomic E-state index is 14.4. The third kappa shape index (κ3) is 8.95. The van der Waals surface area contributed by atoms with Crippen molar-refractivity contribution in [1.29, 1.82) is 0 Å². The summed E-state index contributed by atoms with van der Waals surface area (Å²) in [6, 6.07) is 18.8. The van der Waals surface area contributed by atoms with Crippen LogP contribution in [0.1, 0.15) is 42.5 Å². The molecule has 0 saturated carbocycles.